The van der Waals surface area contributed by atoms with Gasteiger partial charge < -0.3 is 9.09 Å². The minimum atomic E-state index is 0.681. The van der Waals surface area contributed by atoms with Gasteiger partial charge in [-0.3, -0.25) is 0 Å². The molecule has 0 unspecified atom stereocenters. The lowest BCUT2D eigenvalue weighted by molar-refractivity contribution is 0.376. The molecule has 0 saturated heterocycles. The number of hydrogen-bond donors (Lipinski definition) is 0. The Morgan fingerprint density at radius 3 is 3.08 bits per heavy atom. The predicted octanol–water partition coefficient (Wildman–Crippen LogP) is 1.81. The van der Waals surface area contributed by atoms with Gasteiger partial charge in [-0.15, -0.1) is 0 Å². The number of halogens is 1. The molecule has 0 atom stereocenters. The topological polar surface area (TPSA) is 43.9 Å². The van der Waals surface area contributed by atoms with E-state index in [2.05, 4.69) is 26.1 Å². The van der Waals surface area contributed by atoms with Gasteiger partial charge in [0.1, 0.15) is 0 Å². The van der Waals surface area contributed by atoms with E-state index in [9.17, 15) is 0 Å². The Balaban J connectivity index is 2.10. The van der Waals surface area contributed by atoms with Crippen molar-refractivity contribution < 1.29 is 4.52 Å². The maximum Gasteiger partial charge on any atom is 0.156 e. The van der Waals surface area contributed by atoms with Gasteiger partial charge in [0, 0.05) is 17.6 Å². The highest BCUT2D eigenvalue weighted by atomic mass is 79.9. The highest BCUT2D eigenvalue weighted by molar-refractivity contribution is 9.08. The first-order valence-electron chi connectivity index (χ1n) is 3.84. The summed E-state index contributed by atoms with van der Waals surface area (Å²) in [6.07, 6.45) is 5.38. The summed E-state index contributed by atoms with van der Waals surface area (Å²) >= 11 is 3.34. The van der Waals surface area contributed by atoms with Gasteiger partial charge in [-0.05, 0) is 0 Å². The van der Waals surface area contributed by atoms with Crippen LogP contribution < -0.4 is 0 Å². The van der Waals surface area contributed by atoms with Gasteiger partial charge in [-0.25, -0.2) is 4.98 Å². The molecular weight excluding hydrogens is 234 g/mol. The van der Waals surface area contributed by atoms with Crippen LogP contribution >= 0.6 is 15.9 Å². The van der Waals surface area contributed by atoms with E-state index >= 15 is 0 Å². The van der Waals surface area contributed by atoms with E-state index in [1.165, 1.54) is 0 Å². The van der Waals surface area contributed by atoms with Gasteiger partial charge >= 0.3 is 0 Å². The van der Waals surface area contributed by atoms with Crippen molar-refractivity contribution in [3.05, 3.63) is 36.2 Å². The predicted molar refractivity (Wildman–Crippen MR) is 50.5 cm³/mol. The SMILES string of the molecule is BrCc1cn(Cc2ccno2)cn1. The third-order valence-electron chi connectivity index (χ3n) is 1.65. The molecule has 2 rings (SSSR count). The number of alkyl halides is 1. The fourth-order valence-corrected chi connectivity index (χ4v) is 1.36. The lowest BCUT2D eigenvalue weighted by Crippen LogP contribution is -1.94. The third-order valence-corrected chi connectivity index (χ3v) is 2.23. The first-order chi connectivity index (χ1) is 6.38. The van der Waals surface area contributed by atoms with Gasteiger partial charge in [0.2, 0.25) is 0 Å². The second-order valence-electron chi connectivity index (χ2n) is 2.65. The molecule has 13 heavy (non-hydrogen) atoms. The van der Waals surface area contributed by atoms with Crippen LogP contribution in [0.5, 0.6) is 0 Å². The molecule has 0 fully saturated rings. The highest BCUT2D eigenvalue weighted by Gasteiger charge is 2.00. The van der Waals surface area contributed by atoms with Crippen LogP contribution in [0.2, 0.25) is 0 Å². The van der Waals surface area contributed by atoms with Crippen molar-refractivity contribution in [1.82, 2.24) is 14.7 Å². The molecule has 68 valence electrons. The standard InChI is InChI=1S/C8H8BrN3O/c9-3-7-4-12(6-10-7)5-8-1-2-11-13-8/h1-2,4,6H,3,5H2. The molecule has 0 radical (unpaired) electrons. The van der Waals surface area contributed by atoms with Crippen LogP contribution in [0, 0.1) is 0 Å². The van der Waals surface area contributed by atoms with Gasteiger partial charge in [-0.2, -0.15) is 0 Å². The second kappa shape index (κ2) is 3.74. The van der Waals surface area contributed by atoms with Crippen molar-refractivity contribution in [2.24, 2.45) is 0 Å². The fraction of sp³-hybridized carbons (Fsp3) is 0.250. The Kier molecular flexibility index (Phi) is 2.44. The second-order valence-corrected chi connectivity index (χ2v) is 3.21. The minimum absolute atomic E-state index is 0.681. The molecule has 0 aliphatic heterocycles. The summed E-state index contributed by atoms with van der Waals surface area (Å²) in [4.78, 5) is 4.17. The summed E-state index contributed by atoms with van der Waals surface area (Å²) in [6, 6.07) is 1.84. The van der Waals surface area contributed by atoms with Gasteiger partial charge in [-0.1, -0.05) is 21.1 Å². The lowest BCUT2D eigenvalue weighted by Gasteiger charge is -1.94. The third kappa shape index (κ3) is 1.98. The first kappa shape index (κ1) is 8.50. The van der Waals surface area contributed by atoms with E-state index in [0.29, 0.717) is 6.54 Å². The molecule has 4 nitrogen and oxygen atoms in total. The van der Waals surface area contributed by atoms with E-state index < -0.39 is 0 Å². The van der Waals surface area contributed by atoms with Crippen LogP contribution in [0.1, 0.15) is 11.5 Å². The van der Waals surface area contributed by atoms with Crippen molar-refractivity contribution in [1.29, 1.82) is 0 Å². The molecule has 0 aliphatic rings. The van der Waals surface area contributed by atoms with Crippen LogP contribution in [0.15, 0.2) is 29.3 Å². The molecule has 2 aromatic heterocycles. The van der Waals surface area contributed by atoms with E-state index in [1.807, 2.05) is 16.8 Å². The monoisotopic (exact) mass is 241 g/mol. The van der Waals surface area contributed by atoms with Crippen molar-refractivity contribution in [2.45, 2.75) is 11.9 Å². The Morgan fingerprint density at radius 1 is 1.54 bits per heavy atom. The summed E-state index contributed by atoms with van der Waals surface area (Å²) < 4.78 is 6.93. The van der Waals surface area contributed by atoms with Crippen LogP contribution in [0.4, 0.5) is 0 Å². The number of rotatable bonds is 3. The average Bonchev–Trinajstić information content (AvgIpc) is 2.76. The molecule has 2 heterocycles. The molecule has 0 N–H and O–H groups in total. The van der Waals surface area contributed by atoms with Crippen LogP contribution in [0.3, 0.4) is 0 Å². The number of nitrogens with zero attached hydrogens (tertiary/aromatic N) is 3. The quantitative estimate of drug-likeness (QED) is 0.771. The average molecular weight is 242 g/mol. The first-order valence-corrected chi connectivity index (χ1v) is 4.97. The van der Waals surface area contributed by atoms with Gasteiger partial charge in [0.25, 0.3) is 0 Å². The summed E-state index contributed by atoms with van der Waals surface area (Å²) in [7, 11) is 0. The number of imidazole rings is 1. The fourth-order valence-electron chi connectivity index (χ4n) is 1.07. The van der Waals surface area contributed by atoms with Crippen molar-refractivity contribution in [3.8, 4) is 0 Å². The maximum atomic E-state index is 4.97. The van der Waals surface area contributed by atoms with Crippen molar-refractivity contribution >= 4 is 15.9 Å². The van der Waals surface area contributed by atoms with E-state index in [0.717, 1.165) is 16.8 Å². The van der Waals surface area contributed by atoms with E-state index in [1.54, 1.807) is 12.5 Å². The molecule has 0 bridgehead atoms. The summed E-state index contributed by atoms with van der Waals surface area (Å²) in [5.41, 5.74) is 1.01. The molecule has 0 saturated carbocycles. The van der Waals surface area contributed by atoms with Crippen LogP contribution in [-0.4, -0.2) is 14.7 Å². The minimum Gasteiger partial charge on any atom is -0.359 e. The van der Waals surface area contributed by atoms with Gasteiger partial charge in [0.05, 0.1) is 24.8 Å². The van der Waals surface area contributed by atoms with E-state index in [-0.39, 0.29) is 0 Å². The molecule has 0 amide bonds. The van der Waals surface area contributed by atoms with Crippen LogP contribution in [0.25, 0.3) is 0 Å². The smallest absolute Gasteiger partial charge is 0.156 e. The largest absolute Gasteiger partial charge is 0.359 e. The van der Waals surface area contributed by atoms with E-state index in [4.69, 9.17) is 4.52 Å². The Labute approximate surface area is 83.7 Å². The molecule has 0 spiro atoms. The van der Waals surface area contributed by atoms with Crippen molar-refractivity contribution in [3.63, 3.8) is 0 Å². The van der Waals surface area contributed by atoms with Crippen molar-refractivity contribution in [2.75, 3.05) is 0 Å². The van der Waals surface area contributed by atoms with Gasteiger partial charge in [0.15, 0.2) is 5.76 Å². The normalized spacial score (nSPS) is 10.5. The molecule has 0 aliphatic carbocycles. The van der Waals surface area contributed by atoms with Crippen LogP contribution in [-0.2, 0) is 11.9 Å². The maximum absolute atomic E-state index is 4.97. The number of aromatic nitrogens is 3. The molecule has 5 heteroatoms. The Bertz CT molecular complexity index is 368. The summed E-state index contributed by atoms with van der Waals surface area (Å²) in [6.45, 7) is 0.681. The molecule has 0 aromatic carbocycles. The highest BCUT2D eigenvalue weighted by Crippen LogP contribution is 2.05. The number of hydrogen-bond acceptors (Lipinski definition) is 3. The summed E-state index contributed by atoms with van der Waals surface area (Å²) in [5, 5.41) is 4.40. The zero-order chi connectivity index (χ0) is 9.10. The Morgan fingerprint density at radius 2 is 2.46 bits per heavy atom. The molecular formula is C8H8BrN3O. The Hall–Kier alpha value is -1.10. The lowest BCUT2D eigenvalue weighted by atomic mass is 10.4. The molecule has 2 aromatic rings. The zero-order valence-electron chi connectivity index (χ0n) is 6.85. The zero-order valence-corrected chi connectivity index (χ0v) is 8.44. The summed E-state index contributed by atoms with van der Waals surface area (Å²) in [5.74, 6) is 0.832.